The largest absolute Gasteiger partial charge is 0.388 e. The number of hydrogen-bond acceptors (Lipinski definition) is 3. The highest BCUT2D eigenvalue weighted by atomic mass is 32.2. The SMILES string of the molecule is CC(C)C(C)(O)CNC(=O)C1(C)CCCS1. The van der Waals surface area contributed by atoms with Gasteiger partial charge >= 0.3 is 0 Å². The highest BCUT2D eigenvalue weighted by Gasteiger charge is 2.38. The fraction of sp³-hybridized carbons (Fsp3) is 0.917. The predicted octanol–water partition coefficient (Wildman–Crippen LogP) is 1.80. The molecule has 0 radical (unpaired) electrons. The summed E-state index contributed by atoms with van der Waals surface area (Å²) in [5.41, 5.74) is -0.824. The van der Waals surface area contributed by atoms with E-state index >= 15 is 0 Å². The fourth-order valence-electron chi connectivity index (χ4n) is 1.61. The average Bonchev–Trinajstić information content (AvgIpc) is 2.62. The molecule has 1 fully saturated rings. The summed E-state index contributed by atoms with van der Waals surface area (Å²) in [6.07, 6.45) is 2.04. The van der Waals surface area contributed by atoms with E-state index in [9.17, 15) is 9.90 Å². The van der Waals surface area contributed by atoms with E-state index in [4.69, 9.17) is 0 Å². The van der Waals surface area contributed by atoms with E-state index < -0.39 is 5.60 Å². The van der Waals surface area contributed by atoms with Crippen LogP contribution in [0, 0.1) is 5.92 Å². The molecule has 2 N–H and O–H groups in total. The number of carbonyl (C=O) groups excluding carboxylic acids is 1. The molecule has 2 atom stereocenters. The summed E-state index contributed by atoms with van der Waals surface area (Å²) >= 11 is 1.72. The molecule has 1 rings (SSSR count). The molecule has 3 nitrogen and oxygen atoms in total. The molecule has 0 aromatic rings. The van der Waals surface area contributed by atoms with Gasteiger partial charge in [0.2, 0.25) is 5.91 Å². The van der Waals surface area contributed by atoms with Crippen LogP contribution < -0.4 is 5.32 Å². The molecule has 0 aromatic carbocycles. The van der Waals surface area contributed by atoms with Gasteiger partial charge in [0.15, 0.2) is 0 Å². The molecule has 1 heterocycles. The molecule has 94 valence electrons. The molecule has 0 saturated carbocycles. The van der Waals surface area contributed by atoms with Gasteiger partial charge in [-0.05, 0) is 38.4 Å². The smallest absolute Gasteiger partial charge is 0.236 e. The van der Waals surface area contributed by atoms with Gasteiger partial charge in [-0.25, -0.2) is 0 Å². The number of nitrogens with one attached hydrogen (secondary N) is 1. The number of thioether (sulfide) groups is 1. The van der Waals surface area contributed by atoms with Crippen molar-refractivity contribution in [1.82, 2.24) is 5.32 Å². The molecule has 1 amide bonds. The second kappa shape index (κ2) is 4.96. The first-order valence-corrected chi connectivity index (χ1v) is 6.91. The molecule has 0 bridgehead atoms. The van der Waals surface area contributed by atoms with Crippen molar-refractivity contribution in [2.24, 2.45) is 5.92 Å². The van der Waals surface area contributed by atoms with Gasteiger partial charge in [0, 0.05) is 6.54 Å². The Morgan fingerprint density at radius 2 is 2.25 bits per heavy atom. The van der Waals surface area contributed by atoms with Crippen LogP contribution in [-0.4, -0.2) is 33.7 Å². The average molecular weight is 245 g/mol. The summed E-state index contributed by atoms with van der Waals surface area (Å²) in [7, 11) is 0. The Hall–Kier alpha value is -0.220. The molecule has 0 aliphatic carbocycles. The molecule has 1 saturated heterocycles. The monoisotopic (exact) mass is 245 g/mol. The lowest BCUT2D eigenvalue weighted by Gasteiger charge is -2.30. The van der Waals surface area contributed by atoms with Crippen LogP contribution in [0.25, 0.3) is 0 Å². The Labute approximate surface area is 102 Å². The van der Waals surface area contributed by atoms with Gasteiger partial charge in [0.25, 0.3) is 0 Å². The van der Waals surface area contributed by atoms with Crippen LogP contribution in [0.4, 0.5) is 0 Å². The standard InChI is InChI=1S/C12H23NO2S/c1-9(2)11(3,15)8-13-10(14)12(4)6-5-7-16-12/h9,15H,5-8H2,1-4H3,(H,13,14). The maximum absolute atomic E-state index is 12.0. The van der Waals surface area contributed by atoms with Crippen molar-refractivity contribution in [2.75, 3.05) is 12.3 Å². The van der Waals surface area contributed by atoms with Crippen LogP contribution >= 0.6 is 11.8 Å². The molecule has 0 aromatic heterocycles. The third-order valence-electron chi connectivity index (χ3n) is 3.55. The summed E-state index contributed by atoms with van der Waals surface area (Å²) in [6.45, 7) is 8.00. The minimum absolute atomic E-state index is 0.0657. The molecule has 16 heavy (non-hydrogen) atoms. The van der Waals surface area contributed by atoms with Gasteiger partial charge in [-0.1, -0.05) is 13.8 Å². The Bertz CT molecular complexity index is 258. The van der Waals surface area contributed by atoms with Crippen LogP contribution in [0.1, 0.15) is 40.5 Å². The third-order valence-corrected chi connectivity index (χ3v) is 5.07. The van der Waals surface area contributed by atoms with E-state index in [-0.39, 0.29) is 16.6 Å². The number of amides is 1. The zero-order valence-corrected chi connectivity index (χ0v) is 11.5. The first-order valence-electron chi connectivity index (χ1n) is 5.92. The maximum Gasteiger partial charge on any atom is 0.236 e. The minimum Gasteiger partial charge on any atom is -0.388 e. The number of hydrogen-bond donors (Lipinski definition) is 2. The summed E-state index contributed by atoms with van der Waals surface area (Å²) in [5, 5.41) is 12.9. The zero-order chi connectivity index (χ0) is 12.4. The molecule has 0 spiro atoms. The van der Waals surface area contributed by atoms with E-state index in [2.05, 4.69) is 5.32 Å². The highest BCUT2D eigenvalue weighted by molar-refractivity contribution is 8.01. The van der Waals surface area contributed by atoms with Crippen molar-refractivity contribution in [3.8, 4) is 0 Å². The molecular weight excluding hydrogens is 222 g/mol. The molecular formula is C12H23NO2S. The summed E-state index contributed by atoms with van der Waals surface area (Å²) in [6, 6.07) is 0. The van der Waals surface area contributed by atoms with Gasteiger partial charge in [-0.15, -0.1) is 11.8 Å². The van der Waals surface area contributed by atoms with E-state index in [1.165, 1.54) is 0 Å². The Morgan fingerprint density at radius 1 is 1.62 bits per heavy atom. The Balaban J connectivity index is 2.47. The van der Waals surface area contributed by atoms with E-state index in [0.29, 0.717) is 6.54 Å². The lowest BCUT2D eigenvalue weighted by atomic mass is 9.92. The van der Waals surface area contributed by atoms with Crippen LogP contribution in [0.3, 0.4) is 0 Å². The fourth-order valence-corrected chi connectivity index (χ4v) is 2.84. The first-order chi connectivity index (χ1) is 7.28. The van der Waals surface area contributed by atoms with E-state index in [1.54, 1.807) is 18.7 Å². The van der Waals surface area contributed by atoms with Crippen molar-refractivity contribution >= 4 is 17.7 Å². The van der Waals surface area contributed by atoms with Crippen molar-refractivity contribution in [1.29, 1.82) is 0 Å². The van der Waals surface area contributed by atoms with E-state index in [0.717, 1.165) is 18.6 Å². The molecule has 1 aliphatic rings. The lowest BCUT2D eigenvalue weighted by Crippen LogP contribution is -2.49. The van der Waals surface area contributed by atoms with Crippen molar-refractivity contribution in [2.45, 2.75) is 50.9 Å². The minimum atomic E-state index is -0.824. The lowest BCUT2D eigenvalue weighted by molar-refractivity contribution is -0.124. The van der Waals surface area contributed by atoms with Gasteiger partial charge in [0.05, 0.1) is 10.3 Å². The number of aliphatic hydroxyl groups is 1. The zero-order valence-electron chi connectivity index (χ0n) is 10.7. The normalized spacial score (nSPS) is 29.1. The summed E-state index contributed by atoms with van der Waals surface area (Å²) in [5.74, 6) is 1.26. The second-order valence-corrected chi connectivity index (χ2v) is 6.98. The summed E-state index contributed by atoms with van der Waals surface area (Å²) < 4.78 is -0.285. The Kier molecular flexibility index (Phi) is 4.29. The number of rotatable bonds is 4. The number of carbonyl (C=O) groups is 1. The quantitative estimate of drug-likeness (QED) is 0.794. The topological polar surface area (TPSA) is 49.3 Å². The first kappa shape index (κ1) is 13.8. The predicted molar refractivity (Wildman–Crippen MR) is 68.6 cm³/mol. The van der Waals surface area contributed by atoms with Crippen LogP contribution in [0.2, 0.25) is 0 Å². The van der Waals surface area contributed by atoms with Gasteiger partial charge in [0.1, 0.15) is 0 Å². The molecule has 4 heteroatoms. The van der Waals surface area contributed by atoms with Gasteiger partial charge in [-0.3, -0.25) is 4.79 Å². The van der Waals surface area contributed by atoms with Gasteiger partial charge < -0.3 is 10.4 Å². The molecule has 2 unspecified atom stereocenters. The van der Waals surface area contributed by atoms with Crippen LogP contribution in [0.15, 0.2) is 0 Å². The van der Waals surface area contributed by atoms with E-state index in [1.807, 2.05) is 20.8 Å². The summed E-state index contributed by atoms with van der Waals surface area (Å²) in [4.78, 5) is 12.0. The highest BCUT2D eigenvalue weighted by Crippen LogP contribution is 2.37. The molecule has 1 aliphatic heterocycles. The second-order valence-electron chi connectivity index (χ2n) is 5.38. The van der Waals surface area contributed by atoms with Crippen LogP contribution in [0.5, 0.6) is 0 Å². The third kappa shape index (κ3) is 3.14. The van der Waals surface area contributed by atoms with Crippen molar-refractivity contribution in [3.05, 3.63) is 0 Å². The van der Waals surface area contributed by atoms with Crippen molar-refractivity contribution < 1.29 is 9.90 Å². The van der Waals surface area contributed by atoms with Crippen LogP contribution in [-0.2, 0) is 4.79 Å². The maximum atomic E-state index is 12.0. The van der Waals surface area contributed by atoms with Gasteiger partial charge in [-0.2, -0.15) is 0 Å². The Morgan fingerprint density at radius 3 is 2.69 bits per heavy atom. The van der Waals surface area contributed by atoms with Crippen molar-refractivity contribution in [3.63, 3.8) is 0 Å².